The van der Waals surface area contributed by atoms with Gasteiger partial charge >= 0.3 is 0 Å². The number of anilines is 1. The molecule has 0 aromatic heterocycles. The van der Waals surface area contributed by atoms with Crippen molar-refractivity contribution < 1.29 is 8.42 Å². The van der Waals surface area contributed by atoms with E-state index in [0.29, 0.717) is 10.7 Å². The number of sulfonamides is 1. The first-order chi connectivity index (χ1) is 9.42. The van der Waals surface area contributed by atoms with Crippen molar-refractivity contribution in [3.63, 3.8) is 0 Å². The van der Waals surface area contributed by atoms with Crippen LogP contribution in [0.25, 0.3) is 0 Å². The fraction of sp³-hybridized carbons (Fsp3) is 0. The summed E-state index contributed by atoms with van der Waals surface area (Å²) in [6.45, 7) is 0. The van der Waals surface area contributed by atoms with Crippen LogP contribution in [-0.2, 0) is 10.0 Å². The smallest absolute Gasteiger partial charge is 0.261 e. The van der Waals surface area contributed by atoms with Crippen LogP contribution in [0.5, 0.6) is 0 Å². The molecule has 2 aromatic carbocycles. The Morgan fingerprint density at radius 3 is 2.45 bits per heavy atom. The van der Waals surface area contributed by atoms with Crippen LogP contribution < -0.4 is 4.72 Å². The molecule has 0 spiro atoms. The second kappa shape index (κ2) is 5.71. The molecule has 0 aliphatic rings. The molecule has 0 atom stereocenters. The molecule has 0 saturated carbocycles. The fourth-order valence-corrected chi connectivity index (χ4v) is 3.07. The van der Waals surface area contributed by atoms with E-state index in [1.165, 1.54) is 24.3 Å². The van der Waals surface area contributed by atoms with E-state index < -0.39 is 10.0 Å². The van der Waals surface area contributed by atoms with Crippen molar-refractivity contribution in [2.75, 3.05) is 4.72 Å². The number of nitriles is 1. The summed E-state index contributed by atoms with van der Waals surface area (Å²) >= 11 is 11.6. The average Bonchev–Trinajstić information content (AvgIpc) is 2.38. The maximum atomic E-state index is 12.2. The molecule has 0 bridgehead atoms. The summed E-state index contributed by atoms with van der Waals surface area (Å²) in [7, 11) is -3.78. The van der Waals surface area contributed by atoms with Crippen molar-refractivity contribution in [2.45, 2.75) is 4.90 Å². The quantitative estimate of drug-likeness (QED) is 0.935. The molecular weight excluding hydrogens is 319 g/mol. The number of halogens is 2. The molecule has 0 aliphatic carbocycles. The normalized spacial score (nSPS) is 10.8. The Morgan fingerprint density at radius 2 is 1.85 bits per heavy atom. The Balaban J connectivity index is 2.36. The lowest BCUT2D eigenvalue weighted by Gasteiger charge is -2.09. The second-order valence-electron chi connectivity index (χ2n) is 3.87. The van der Waals surface area contributed by atoms with Crippen LogP contribution >= 0.6 is 23.2 Å². The monoisotopic (exact) mass is 326 g/mol. The highest BCUT2D eigenvalue weighted by molar-refractivity contribution is 7.92. The third kappa shape index (κ3) is 3.23. The predicted molar refractivity (Wildman–Crippen MR) is 78.4 cm³/mol. The highest BCUT2D eigenvalue weighted by atomic mass is 35.5. The molecule has 102 valence electrons. The zero-order valence-electron chi connectivity index (χ0n) is 9.97. The highest BCUT2D eigenvalue weighted by Crippen LogP contribution is 2.23. The van der Waals surface area contributed by atoms with E-state index in [9.17, 15) is 8.42 Å². The molecule has 0 heterocycles. The van der Waals surface area contributed by atoms with Crippen molar-refractivity contribution in [3.05, 3.63) is 58.1 Å². The van der Waals surface area contributed by atoms with Gasteiger partial charge in [0, 0.05) is 5.02 Å². The van der Waals surface area contributed by atoms with Gasteiger partial charge in [0.15, 0.2) is 0 Å². The molecule has 0 unspecified atom stereocenters. The molecule has 0 radical (unpaired) electrons. The van der Waals surface area contributed by atoms with Crippen molar-refractivity contribution >= 4 is 38.9 Å². The topological polar surface area (TPSA) is 70.0 Å². The van der Waals surface area contributed by atoms with E-state index in [1.54, 1.807) is 18.2 Å². The van der Waals surface area contributed by atoms with Crippen LogP contribution in [0.4, 0.5) is 5.69 Å². The van der Waals surface area contributed by atoms with Gasteiger partial charge in [0.05, 0.1) is 21.2 Å². The van der Waals surface area contributed by atoms with E-state index in [0.717, 1.165) is 0 Å². The summed E-state index contributed by atoms with van der Waals surface area (Å²) in [5, 5.41) is 9.27. The van der Waals surface area contributed by atoms with Gasteiger partial charge in [-0.15, -0.1) is 0 Å². The Kier molecular flexibility index (Phi) is 4.19. The minimum absolute atomic E-state index is 0.0264. The summed E-state index contributed by atoms with van der Waals surface area (Å²) in [4.78, 5) is -0.0264. The average molecular weight is 327 g/mol. The summed E-state index contributed by atoms with van der Waals surface area (Å²) in [5.74, 6) is 0. The lowest BCUT2D eigenvalue weighted by molar-refractivity contribution is 0.601. The SMILES string of the molecule is N#Cc1ccc(S(=O)(=O)Nc2cccc(Cl)c2)cc1Cl. The van der Waals surface area contributed by atoms with Crippen LogP contribution in [-0.4, -0.2) is 8.42 Å². The van der Waals surface area contributed by atoms with Crippen molar-refractivity contribution in [2.24, 2.45) is 0 Å². The first-order valence-electron chi connectivity index (χ1n) is 5.40. The Morgan fingerprint density at radius 1 is 1.10 bits per heavy atom. The van der Waals surface area contributed by atoms with Gasteiger partial charge in [-0.1, -0.05) is 29.3 Å². The largest absolute Gasteiger partial charge is 0.280 e. The molecule has 0 saturated heterocycles. The molecular formula is C13H8Cl2N2O2S. The van der Waals surface area contributed by atoms with Gasteiger partial charge < -0.3 is 0 Å². The van der Waals surface area contributed by atoms with E-state index in [2.05, 4.69) is 4.72 Å². The van der Waals surface area contributed by atoms with E-state index in [-0.39, 0.29) is 15.5 Å². The standard InChI is InChI=1S/C13H8Cl2N2O2S/c14-10-2-1-3-11(6-10)17-20(18,19)12-5-4-9(8-16)13(15)7-12/h1-7,17H. The Bertz CT molecular complexity index is 798. The molecule has 1 N–H and O–H groups in total. The number of hydrogen-bond donors (Lipinski definition) is 1. The van der Waals surface area contributed by atoms with Gasteiger partial charge in [0.1, 0.15) is 6.07 Å². The van der Waals surface area contributed by atoms with Gasteiger partial charge in [-0.2, -0.15) is 5.26 Å². The third-order valence-electron chi connectivity index (χ3n) is 2.45. The molecule has 20 heavy (non-hydrogen) atoms. The number of nitrogens with zero attached hydrogens (tertiary/aromatic N) is 1. The van der Waals surface area contributed by atoms with Crippen LogP contribution in [0.1, 0.15) is 5.56 Å². The van der Waals surface area contributed by atoms with E-state index >= 15 is 0 Å². The molecule has 7 heteroatoms. The zero-order chi connectivity index (χ0) is 14.8. The number of rotatable bonds is 3. The summed E-state index contributed by atoms with van der Waals surface area (Å²) in [5.41, 5.74) is 0.561. The first kappa shape index (κ1) is 14.7. The Hall–Kier alpha value is -1.74. The number of nitrogens with one attached hydrogen (secondary N) is 1. The van der Waals surface area contributed by atoms with Crippen molar-refractivity contribution in [3.8, 4) is 6.07 Å². The first-order valence-corrected chi connectivity index (χ1v) is 7.64. The molecule has 4 nitrogen and oxygen atoms in total. The van der Waals surface area contributed by atoms with Gasteiger partial charge in [-0.25, -0.2) is 8.42 Å². The lowest BCUT2D eigenvalue weighted by atomic mass is 10.2. The van der Waals surface area contributed by atoms with Crippen LogP contribution in [0.3, 0.4) is 0 Å². The summed E-state index contributed by atoms with van der Waals surface area (Å²) in [6.07, 6.45) is 0. The van der Waals surface area contributed by atoms with Gasteiger partial charge in [-0.05, 0) is 36.4 Å². The molecule has 0 amide bonds. The van der Waals surface area contributed by atoms with Crippen molar-refractivity contribution in [1.29, 1.82) is 5.26 Å². The second-order valence-corrected chi connectivity index (χ2v) is 6.40. The number of hydrogen-bond acceptors (Lipinski definition) is 3. The number of benzene rings is 2. The van der Waals surface area contributed by atoms with E-state index in [4.69, 9.17) is 28.5 Å². The predicted octanol–water partition coefficient (Wildman–Crippen LogP) is 3.67. The van der Waals surface area contributed by atoms with Gasteiger partial charge in [0.2, 0.25) is 0 Å². The van der Waals surface area contributed by atoms with Gasteiger partial charge in [-0.3, -0.25) is 4.72 Å². The summed E-state index contributed by atoms with van der Waals surface area (Å²) in [6, 6.07) is 12.1. The third-order valence-corrected chi connectivity index (χ3v) is 4.37. The Labute approximate surface area is 126 Å². The lowest BCUT2D eigenvalue weighted by Crippen LogP contribution is -2.13. The molecule has 0 fully saturated rings. The molecule has 0 aliphatic heterocycles. The molecule has 2 rings (SSSR count). The zero-order valence-corrected chi connectivity index (χ0v) is 12.3. The summed E-state index contributed by atoms with van der Waals surface area (Å²) < 4.78 is 26.7. The van der Waals surface area contributed by atoms with E-state index in [1.807, 2.05) is 6.07 Å². The van der Waals surface area contributed by atoms with Crippen molar-refractivity contribution in [1.82, 2.24) is 0 Å². The highest BCUT2D eigenvalue weighted by Gasteiger charge is 2.16. The van der Waals surface area contributed by atoms with Gasteiger partial charge in [0.25, 0.3) is 10.0 Å². The van der Waals surface area contributed by atoms with Crippen LogP contribution in [0.2, 0.25) is 10.0 Å². The maximum Gasteiger partial charge on any atom is 0.261 e. The van der Waals surface area contributed by atoms with Crippen LogP contribution in [0, 0.1) is 11.3 Å². The minimum atomic E-state index is -3.78. The minimum Gasteiger partial charge on any atom is -0.280 e. The molecule has 2 aromatic rings. The fourth-order valence-electron chi connectivity index (χ4n) is 1.52. The maximum absolute atomic E-state index is 12.2. The van der Waals surface area contributed by atoms with Crippen LogP contribution in [0.15, 0.2) is 47.4 Å².